The zero-order valence-corrected chi connectivity index (χ0v) is 25.3. The molecule has 0 fully saturated rings. The molecule has 0 radical (unpaired) electrons. The second-order valence-corrected chi connectivity index (χ2v) is 11.5. The van der Waals surface area contributed by atoms with Crippen molar-refractivity contribution in [3.63, 3.8) is 0 Å². The second kappa shape index (κ2) is 10.5. The molecule has 0 bridgehead atoms. The molecule has 0 aliphatic rings. The molecule has 10 heteroatoms. The van der Waals surface area contributed by atoms with Crippen LogP contribution in [0.5, 0.6) is 0 Å². The van der Waals surface area contributed by atoms with Gasteiger partial charge in [-0.3, -0.25) is 28.0 Å². The number of imidazole rings is 2. The Hall–Kier alpha value is -5.64. The van der Waals surface area contributed by atoms with E-state index in [0.29, 0.717) is 81.0 Å². The summed E-state index contributed by atoms with van der Waals surface area (Å²) in [6, 6.07) is 18.7. The Morgan fingerprint density at radius 1 is 0.609 bits per heavy atom. The fraction of sp³-hybridized carbons (Fsp3) is 0.222. The Morgan fingerprint density at radius 2 is 1.11 bits per heavy atom. The highest BCUT2D eigenvalue weighted by Gasteiger charge is 2.22. The van der Waals surface area contributed by atoms with E-state index in [1.807, 2.05) is 48.5 Å². The van der Waals surface area contributed by atoms with Gasteiger partial charge in [-0.1, -0.05) is 12.1 Å². The number of aromatic nitrogens is 4. The van der Waals surface area contributed by atoms with Gasteiger partial charge in [0, 0.05) is 45.2 Å². The topological polar surface area (TPSA) is 121 Å². The van der Waals surface area contributed by atoms with E-state index in [0.717, 1.165) is 21.9 Å². The van der Waals surface area contributed by atoms with Gasteiger partial charge in [0.1, 0.15) is 11.3 Å². The molecule has 10 nitrogen and oxygen atoms in total. The maximum absolute atomic E-state index is 14.1. The average Bonchev–Trinajstić information content (AvgIpc) is 3.63. The molecule has 4 aromatic carbocycles. The summed E-state index contributed by atoms with van der Waals surface area (Å²) in [4.78, 5) is 61.8. The first-order chi connectivity index (χ1) is 22.4. The first-order valence-electron chi connectivity index (χ1n) is 15.4. The minimum absolute atomic E-state index is 0.217. The second-order valence-electron chi connectivity index (χ2n) is 11.5. The predicted octanol–water partition coefficient (Wildman–Crippen LogP) is 5.34. The largest absolute Gasteiger partial charge is 0.466 e. The highest BCUT2D eigenvalue weighted by Crippen LogP contribution is 2.37. The highest BCUT2D eigenvalue weighted by atomic mass is 16.5. The Labute approximate surface area is 260 Å². The lowest BCUT2D eigenvalue weighted by atomic mass is 9.96. The Balaban J connectivity index is 1.33. The molecule has 0 N–H and O–H groups in total. The molecular formula is C36H28N4O6. The summed E-state index contributed by atoms with van der Waals surface area (Å²) in [6.07, 6.45) is 1.49. The van der Waals surface area contributed by atoms with E-state index in [1.165, 1.54) is 0 Å². The summed E-state index contributed by atoms with van der Waals surface area (Å²) in [7, 11) is 0. The fourth-order valence-corrected chi connectivity index (χ4v) is 6.75. The van der Waals surface area contributed by atoms with Crippen LogP contribution in [-0.2, 0) is 31.9 Å². The molecule has 4 aromatic heterocycles. The van der Waals surface area contributed by atoms with Gasteiger partial charge in [-0.05, 0) is 86.3 Å². The minimum Gasteiger partial charge on any atom is -0.466 e. The number of nitrogens with zero attached hydrogens (tertiary/aromatic N) is 4. The number of pyridine rings is 2. The van der Waals surface area contributed by atoms with Gasteiger partial charge in [0.05, 0.1) is 35.3 Å². The number of hydrogen-bond donors (Lipinski definition) is 0. The molecule has 0 unspecified atom stereocenters. The van der Waals surface area contributed by atoms with Crippen LogP contribution in [0.3, 0.4) is 0 Å². The predicted molar refractivity (Wildman–Crippen MR) is 176 cm³/mol. The van der Waals surface area contributed by atoms with Crippen LogP contribution in [0.1, 0.15) is 37.8 Å². The van der Waals surface area contributed by atoms with E-state index in [4.69, 9.17) is 19.4 Å². The Morgan fingerprint density at radius 3 is 1.70 bits per heavy atom. The minimum atomic E-state index is -0.264. The summed E-state index contributed by atoms with van der Waals surface area (Å²) >= 11 is 0. The molecule has 0 atom stereocenters. The molecule has 0 aliphatic carbocycles. The quantitative estimate of drug-likeness (QED) is 0.167. The molecule has 8 aromatic rings. The van der Waals surface area contributed by atoms with Crippen molar-refractivity contribution in [2.75, 3.05) is 13.2 Å². The van der Waals surface area contributed by atoms with E-state index in [9.17, 15) is 19.2 Å². The Kier molecular flexibility index (Phi) is 6.35. The maximum Gasteiger partial charge on any atom is 0.306 e. The molecular weight excluding hydrogens is 584 g/mol. The number of esters is 2. The summed E-state index contributed by atoms with van der Waals surface area (Å²) in [5.41, 5.74) is 5.06. The lowest BCUT2D eigenvalue weighted by Gasteiger charge is -2.12. The number of hydrogen-bond acceptors (Lipinski definition) is 8. The van der Waals surface area contributed by atoms with Crippen LogP contribution in [0.25, 0.3) is 65.7 Å². The number of carbonyl (C=O) groups is 2. The standard InChI is InChI=1S/C36H28N4O6/c1-3-45-29(41)15-7-19-6-14-27-26(17-19)38-34-22-10-9-21-31-24(12-11-23(32(22)31)35(43)39(27)34)36(44)40-28-18-20(8-16-30(42)46-4-2)5-13-25(28)37-33(21)40/h5-6,9-14,17-18H,3-4,7-8,15-16H2,1-2H3. The average molecular weight is 613 g/mol. The van der Waals surface area contributed by atoms with Crippen LogP contribution in [0, 0.1) is 0 Å². The normalized spacial score (nSPS) is 12.1. The van der Waals surface area contributed by atoms with E-state index in [2.05, 4.69) is 0 Å². The lowest BCUT2D eigenvalue weighted by molar-refractivity contribution is -0.144. The van der Waals surface area contributed by atoms with Gasteiger partial charge in [-0.15, -0.1) is 0 Å². The van der Waals surface area contributed by atoms with Crippen molar-refractivity contribution in [2.24, 2.45) is 0 Å². The van der Waals surface area contributed by atoms with Gasteiger partial charge in [0.15, 0.2) is 0 Å². The monoisotopic (exact) mass is 612 g/mol. The van der Waals surface area contributed by atoms with Gasteiger partial charge in [-0.25, -0.2) is 9.97 Å². The third-order valence-electron chi connectivity index (χ3n) is 8.79. The summed E-state index contributed by atoms with van der Waals surface area (Å²) in [5.74, 6) is -0.519. The van der Waals surface area contributed by atoms with Gasteiger partial charge in [0.25, 0.3) is 11.1 Å². The zero-order chi connectivity index (χ0) is 31.7. The van der Waals surface area contributed by atoms with Crippen molar-refractivity contribution in [1.82, 2.24) is 18.8 Å². The molecule has 0 saturated carbocycles. The van der Waals surface area contributed by atoms with Crippen LogP contribution >= 0.6 is 0 Å². The SMILES string of the molecule is CCOC(=O)CCc1ccc2c(c1)nc1c3ccc4c5c(ccc(c(=O)n21)c35)c(=O)n1c2cc(CCC(=O)OCC)ccc2nc41. The summed E-state index contributed by atoms with van der Waals surface area (Å²) in [5, 5.41) is 3.88. The molecule has 0 aliphatic heterocycles. The van der Waals surface area contributed by atoms with E-state index in [-0.39, 0.29) is 35.9 Å². The zero-order valence-electron chi connectivity index (χ0n) is 25.3. The smallest absolute Gasteiger partial charge is 0.306 e. The highest BCUT2D eigenvalue weighted by molar-refractivity contribution is 6.27. The van der Waals surface area contributed by atoms with E-state index >= 15 is 0 Å². The molecule has 0 amide bonds. The summed E-state index contributed by atoms with van der Waals surface area (Å²) < 4.78 is 13.4. The van der Waals surface area contributed by atoms with Crippen molar-refractivity contribution < 1.29 is 19.1 Å². The number of carbonyl (C=O) groups excluding carboxylic acids is 2. The number of fused-ring (bicyclic) bond motifs is 8. The lowest BCUT2D eigenvalue weighted by Crippen LogP contribution is -2.16. The van der Waals surface area contributed by atoms with Gasteiger partial charge in [-0.2, -0.15) is 0 Å². The number of benzene rings is 4. The van der Waals surface area contributed by atoms with Crippen molar-refractivity contribution in [2.45, 2.75) is 39.5 Å². The van der Waals surface area contributed by atoms with Crippen LogP contribution in [0.2, 0.25) is 0 Å². The van der Waals surface area contributed by atoms with Gasteiger partial charge >= 0.3 is 11.9 Å². The third kappa shape index (κ3) is 4.09. The first-order valence-corrected chi connectivity index (χ1v) is 15.4. The molecule has 0 saturated heterocycles. The molecule has 8 rings (SSSR count). The maximum atomic E-state index is 14.1. The van der Waals surface area contributed by atoms with Crippen LogP contribution in [0.4, 0.5) is 0 Å². The molecule has 46 heavy (non-hydrogen) atoms. The van der Waals surface area contributed by atoms with Crippen LogP contribution < -0.4 is 11.1 Å². The first kappa shape index (κ1) is 27.9. The van der Waals surface area contributed by atoms with Crippen molar-refractivity contribution >= 4 is 77.6 Å². The molecule has 0 spiro atoms. The summed E-state index contributed by atoms with van der Waals surface area (Å²) in [6.45, 7) is 4.23. The number of rotatable bonds is 8. The van der Waals surface area contributed by atoms with Crippen molar-refractivity contribution in [3.8, 4) is 0 Å². The van der Waals surface area contributed by atoms with Crippen LogP contribution in [-0.4, -0.2) is 43.9 Å². The van der Waals surface area contributed by atoms with E-state index in [1.54, 1.807) is 34.8 Å². The number of ether oxygens (including phenoxy) is 2. The van der Waals surface area contributed by atoms with E-state index < -0.39 is 0 Å². The molecule has 228 valence electrons. The van der Waals surface area contributed by atoms with Crippen molar-refractivity contribution in [3.05, 3.63) is 92.5 Å². The fourth-order valence-electron chi connectivity index (χ4n) is 6.75. The third-order valence-corrected chi connectivity index (χ3v) is 8.79. The molecule has 4 heterocycles. The van der Waals surface area contributed by atoms with Crippen molar-refractivity contribution in [1.29, 1.82) is 0 Å². The van der Waals surface area contributed by atoms with Crippen LogP contribution in [0.15, 0.2) is 70.3 Å². The van der Waals surface area contributed by atoms with Gasteiger partial charge in [0.2, 0.25) is 0 Å². The number of aryl methyl sites for hydroxylation is 2. The Bertz CT molecular complexity index is 2630. The van der Waals surface area contributed by atoms with Gasteiger partial charge < -0.3 is 9.47 Å².